The fraction of sp³-hybridized carbons (Fsp3) is 0. The zero-order valence-electron chi connectivity index (χ0n) is 9.15. The summed E-state index contributed by atoms with van der Waals surface area (Å²) in [6.07, 6.45) is 0. The highest BCUT2D eigenvalue weighted by Gasteiger charge is 2.13. The first-order valence-corrected chi connectivity index (χ1v) is 5.50. The van der Waals surface area contributed by atoms with Gasteiger partial charge >= 0.3 is 0 Å². The molecule has 0 saturated carbocycles. The Kier molecular flexibility index (Phi) is 3.48. The third-order valence-corrected chi connectivity index (χ3v) is 2.65. The number of carbonyl (C=O) groups is 1. The Morgan fingerprint density at radius 2 is 1.94 bits per heavy atom. The molecule has 2 N–H and O–H groups in total. The Hall–Kier alpha value is -2.07. The summed E-state index contributed by atoms with van der Waals surface area (Å²) in [5.41, 5.74) is 0.253. The highest BCUT2D eigenvalue weighted by Crippen LogP contribution is 2.23. The van der Waals surface area contributed by atoms with Crippen LogP contribution in [0.1, 0.15) is 10.4 Å². The summed E-state index contributed by atoms with van der Waals surface area (Å²) in [5, 5.41) is 12.4. The number of nitrogens with one attached hydrogen (secondary N) is 1. The smallest absolute Gasteiger partial charge is 0.259 e. The minimum Gasteiger partial charge on any atom is -0.507 e. The van der Waals surface area contributed by atoms with Crippen molar-refractivity contribution in [1.82, 2.24) is 0 Å². The molecule has 0 saturated heterocycles. The average molecular weight is 266 g/mol. The van der Waals surface area contributed by atoms with Crippen molar-refractivity contribution in [1.29, 1.82) is 0 Å². The van der Waals surface area contributed by atoms with Crippen molar-refractivity contribution in [3.05, 3.63) is 58.9 Å². The lowest BCUT2D eigenvalue weighted by Gasteiger charge is -2.08. The van der Waals surface area contributed by atoms with E-state index in [9.17, 15) is 14.3 Å². The van der Waals surface area contributed by atoms with Crippen LogP contribution in [0, 0.1) is 5.82 Å². The number of hydrogen-bond donors (Lipinski definition) is 2. The van der Waals surface area contributed by atoms with Crippen molar-refractivity contribution >= 4 is 23.2 Å². The second-order valence-electron chi connectivity index (χ2n) is 3.60. The van der Waals surface area contributed by atoms with E-state index in [2.05, 4.69) is 5.32 Å². The van der Waals surface area contributed by atoms with Gasteiger partial charge in [-0.05, 0) is 30.3 Å². The molecule has 18 heavy (non-hydrogen) atoms. The molecule has 0 heterocycles. The van der Waals surface area contributed by atoms with Crippen LogP contribution in [0.5, 0.6) is 5.75 Å². The van der Waals surface area contributed by atoms with E-state index in [1.165, 1.54) is 0 Å². The van der Waals surface area contributed by atoms with Gasteiger partial charge in [-0.2, -0.15) is 0 Å². The number of anilines is 1. The summed E-state index contributed by atoms with van der Waals surface area (Å²) in [5.74, 6) is -1.52. The fourth-order valence-corrected chi connectivity index (χ4v) is 1.63. The highest BCUT2D eigenvalue weighted by molar-refractivity contribution is 6.33. The number of phenolic OH excluding ortho intramolecular Hbond substituents is 1. The molecule has 0 aliphatic rings. The van der Waals surface area contributed by atoms with Crippen molar-refractivity contribution < 1.29 is 14.3 Å². The lowest BCUT2D eigenvalue weighted by atomic mass is 10.1. The zero-order chi connectivity index (χ0) is 13.1. The van der Waals surface area contributed by atoms with Crippen LogP contribution in [0.2, 0.25) is 5.02 Å². The summed E-state index contributed by atoms with van der Waals surface area (Å²) >= 11 is 5.88. The van der Waals surface area contributed by atoms with Crippen LogP contribution in [-0.2, 0) is 0 Å². The van der Waals surface area contributed by atoms with Gasteiger partial charge in [-0.3, -0.25) is 4.79 Å². The summed E-state index contributed by atoms with van der Waals surface area (Å²) in [4.78, 5) is 11.8. The molecular formula is C13H9ClFNO2. The monoisotopic (exact) mass is 265 g/mol. The Balaban J connectivity index is 2.28. The Labute approximate surface area is 108 Å². The van der Waals surface area contributed by atoms with Crippen molar-refractivity contribution in [2.75, 3.05) is 5.32 Å². The molecule has 3 nitrogen and oxygen atoms in total. The largest absolute Gasteiger partial charge is 0.507 e. The van der Waals surface area contributed by atoms with Gasteiger partial charge in [0.2, 0.25) is 0 Å². The standard InChI is InChI=1S/C13H9ClFNO2/c14-10-3-1-2-4-11(10)16-13(18)9-7-8(15)5-6-12(9)17/h1-7,17H,(H,16,18). The molecule has 2 aromatic carbocycles. The van der Waals surface area contributed by atoms with Gasteiger partial charge in [0.15, 0.2) is 0 Å². The number of carbonyl (C=O) groups excluding carboxylic acids is 1. The topological polar surface area (TPSA) is 49.3 Å². The lowest BCUT2D eigenvalue weighted by Crippen LogP contribution is -2.12. The van der Waals surface area contributed by atoms with Gasteiger partial charge in [0.05, 0.1) is 16.3 Å². The average Bonchev–Trinajstić information content (AvgIpc) is 2.35. The zero-order valence-corrected chi connectivity index (χ0v) is 9.91. The molecule has 2 aromatic rings. The summed E-state index contributed by atoms with van der Waals surface area (Å²) in [7, 11) is 0. The van der Waals surface area contributed by atoms with Crippen LogP contribution in [0.3, 0.4) is 0 Å². The number of para-hydroxylation sites is 1. The van der Waals surface area contributed by atoms with Gasteiger partial charge in [0, 0.05) is 0 Å². The normalized spacial score (nSPS) is 10.1. The summed E-state index contributed by atoms with van der Waals surface area (Å²) in [6, 6.07) is 9.80. The molecule has 0 spiro atoms. The lowest BCUT2D eigenvalue weighted by molar-refractivity contribution is 0.102. The van der Waals surface area contributed by atoms with E-state index in [0.717, 1.165) is 18.2 Å². The van der Waals surface area contributed by atoms with Crippen LogP contribution < -0.4 is 5.32 Å². The molecule has 0 atom stereocenters. The van der Waals surface area contributed by atoms with Crippen LogP contribution in [0.15, 0.2) is 42.5 Å². The molecule has 0 unspecified atom stereocenters. The molecule has 0 aliphatic carbocycles. The number of phenols is 1. The minimum atomic E-state index is -0.625. The Morgan fingerprint density at radius 1 is 1.22 bits per heavy atom. The summed E-state index contributed by atoms with van der Waals surface area (Å²) in [6.45, 7) is 0. The van der Waals surface area contributed by atoms with E-state index in [1.807, 2.05) is 0 Å². The number of aromatic hydroxyl groups is 1. The predicted molar refractivity (Wildman–Crippen MR) is 67.5 cm³/mol. The Bertz CT molecular complexity index is 601. The third kappa shape index (κ3) is 2.60. The van der Waals surface area contributed by atoms with Crippen molar-refractivity contribution in [2.24, 2.45) is 0 Å². The predicted octanol–water partition coefficient (Wildman–Crippen LogP) is 3.44. The molecular weight excluding hydrogens is 257 g/mol. The van der Waals surface area contributed by atoms with E-state index < -0.39 is 11.7 Å². The van der Waals surface area contributed by atoms with Crippen LogP contribution >= 0.6 is 11.6 Å². The fourth-order valence-electron chi connectivity index (χ4n) is 1.44. The summed E-state index contributed by atoms with van der Waals surface area (Å²) < 4.78 is 13.0. The van der Waals surface area contributed by atoms with Gasteiger partial charge in [-0.1, -0.05) is 23.7 Å². The third-order valence-electron chi connectivity index (χ3n) is 2.33. The van der Waals surface area contributed by atoms with Gasteiger partial charge in [-0.25, -0.2) is 4.39 Å². The Morgan fingerprint density at radius 3 is 2.67 bits per heavy atom. The van der Waals surface area contributed by atoms with Crippen molar-refractivity contribution in [2.45, 2.75) is 0 Å². The number of amides is 1. The van der Waals surface area contributed by atoms with E-state index in [4.69, 9.17) is 11.6 Å². The molecule has 92 valence electrons. The van der Waals surface area contributed by atoms with Crippen molar-refractivity contribution in [3.63, 3.8) is 0 Å². The van der Waals surface area contributed by atoms with E-state index in [0.29, 0.717) is 10.7 Å². The van der Waals surface area contributed by atoms with Crippen LogP contribution in [-0.4, -0.2) is 11.0 Å². The van der Waals surface area contributed by atoms with Crippen LogP contribution in [0.4, 0.5) is 10.1 Å². The second kappa shape index (κ2) is 5.06. The molecule has 1 amide bonds. The molecule has 0 aromatic heterocycles. The number of halogens is 2. The second-order valence-corrected chi connectivity index (χ2v) is 4.00. The van der Waals surface area contributed by atoms with E-state index in [1.54, 1.807) is 24.3 Å². The first-order valence-electron chi connectivity index (χ1n) is 5.12. The van der Waals surface area contributed by atoms with Gasteiger partial charge in [-0.15, -0.1) is 0 Å². The number of benzene rings is 2. The van der Waals surface area contributed by atoms with Gasteiger partial charge < -0.3 is 10.4 Å². The first-order chi connectivity index (χ1) is 8.58. The molecule has 0 radical (unpaired) electrons. The maximum Gasteiger partial charge on any atom is 0.259 e. The van der Waals surface area contributed by atoms with Crippen molar-refractivity contribution in [3.8, 4) is 5.75 Å². The number of hydrogen-bond acceptors (Lipinski definition) is 2. The molecule has 0 fully saturated rings. The SMILES string of the molecule is O=C(Nc1ccccc1Cl)c1cc(F)ccc1O. The maximum atomic E-state index is 13.0. The maximum absolute atomic E-state index is 13.0. The first kappa shape index (κ1) is 12.4. The quantitative estimate of drug-likeness (QED) is 0.874. The van der Waals surface area contributed by atoms with E-state index in [-0.39, 0.29) is 11.3 Å². The molecule has 5 heteroatoms. The molecule has 2 rings (SSSR count). The number of rotatable bonds is 2. The van der Waals surface area contributed by atoms with Gasteiger partial charge in [0.25, 0.3) is 5.91 Å². The van der Waals surface area contributed by atoms with Gasteiger partial charge in [0.1, 0.15) is 11.6 Å². The highest BCUT2D eigenvalue weighted by atomic mass is 35.5. The van der Waals surface area contributed by atoms with E-state index >= 15 is 0 Å². The molecule has 0 aliphatic heterocycles. The van der Waals surface area contributed by atoms with Crippen LogP contribution in [0.25, 0.3) is 0 Å². The molecule has 0 bridgehead atoms. The minimum absolute atomic E-state index is 0.144.